The van der Waals surface area contributed by atoms with Crippen LogP contribution < -0.4 is 10.6 Å². The van der Waals surface area contributed by atoms with E-state index in [1.807, 2.05) is 35.9 Å². The fraction of sp³-hybridized carbons (Fsp3) is 0.364. The molecule has 0 aliphatic carbocycles. The highest BCUT2D eigenvalue weighted by Crippen LogP contribution is 2.17. The average molecular weight is 507 g/mol. The molecule has 0 aliphatic rings. The lowest BCUT2D eigenvalue weighted by atomic mass is 10.2. The molecule has 3 rings (SSSR count). The Kier molecular flexibility index (Phi) is 9.24. The number of halogens is 1. The molecule has 3 aromatic rings. The van der Waals surface area contributed by atoms with Gasteiger partial charge in [-0.1, -0.05) is 25.1 Å². The van der Waals surface area contributed by atoms with Crippen molar-refractivity contribution >= 4 is 29.9 Å². The van der Waals surface area contributed by atoms with Crippen LogP contribution in [0, 0.1) is 13.8 Å². The second kappa shape index (κ2) is 11.6. The van der Waals surface area contributed by atoms with Crippen molar-refractivity contribution < 1.29 is 4.42 Å². The van der Waals surface area contributed by atoms with E-state index < -0.39 is 0 Å². The van der Waals surface area contributed by atoms with Gasteiger partial charge in [-0.05, 0) is 50.1 Å². The van der Waals surface area contributed by atoms with Crippen molar-refractivity contribution in [3.05, 3.63) is 71.4 Å². The number of hydrogen-bond donors (Lipinski definition) is 2. The molecule has 2 aromatic heterocycles. The first kappa shape index (κ1) is 23.0. The Hall–Kier alpha value is -2.29. The summed E-state index contributed by atoms with van der Waals surface area (Å²) in [5.41, 5.74) is 4.34. The number of para-hydroxylation sites is 1. The van der Waals surface area contributed by atoms with Crippen LogP contribution in [0.4, 0.5) is 0 Å². The highest BCUT2D eigenvalue weighted by atomic mass is 127. The smallest absolute Gasteiger partial charge is 0.191 e. The Labute approximate surface area is 189 Å². The summed E-state index contributed by atoms with van der Waals surface area (Å²) >= 11 is 0. The Morgan fingerprint density at radius 1 is 1.10 bits per heavy atom. The van der Waals surface area contributed by atoms with E-state index in [0.29, 0.717) is 6.54 Å². The summed E-state index contributed by atoms with van der Waals surface area (Å²) in [6.45, 7) is 8.46. The molecule has 2 N–H and O–H groups in total. The number of aliphatic imine (C=N–C) groups is 1. The van der Waals surface area contributed by atoms with E-state index in [9.17, 15) is 0 Å². The van der Waals surface area contributed by atoms with Gasteiger partial charge in [0.1, 0.15) is 5.76 Å². The Morgan fingerprint density at radius 2 is 1.90 bits per heavy atom. The van der Waals surface area contributed by atoms with E-state index in [-0.39, 0.29) is 24.0 Å². The summed E-state index contributed by atoms with van der Waals surface area (Å²) in [6.07, 6.45) is 3.57. The molecule has 29 heavy (non-hydrogen) atoms. The van der Waals surface area contributed by atoms with Crippen LogP contribution in [-0.4, -0.2) is 28.8 Å². The third-order valence-electron chi connectivity index (χ3n) is 4.42. The van der Waals surface area contributed by atoms with Gasteiger partial charge in [0.2, 0.25) is 0 Å². The molecule has 0 fully saturated rings. The molecule has 0 bridgehead atoms. The summed E-state index contributed by atoms with van der Waals surface area (Å²) in [6, 6.07) is 14.3. The van der Waals surface area contributed by atoms with E-state index in [0.717, 1.165) is 60.3 Å². The molecule has 0 atom stereocenters. The summed E-state index contributed by atoms with van der Waals surface area (Å²) in [4.78, 5) is 4.80. The van der Waals surface area contributed by atoms with Crippen LogP contribution in [0.15, 0.2) is 58.1 Å². The van der Waals surface area contributed by atoms with Gasteiger partial charge in [0.05, 0.1) is 24.2 Å². The predicted octanol–water partition coefficient (Wildman–Crippen LogP) is 4.39. The number of aryl methyl sites for hydroxylation is 2. The van der Waals surface area contributed by atoms with Crippen molar-refractivity contribution in [2.75, 3.05) is 13.1 Å². The predicted molar refractivity (Wildman–Crippen MR) is 128 cm³/mol. The Bertz CT molecular complexity index is 902. The van der Waals surface area contributed by atoms with Crippen LogP contribution in [-0.2, 0) is 13.0 Å². The molecule has 0 unspecified atom stereocenters. The molecule has 1 aromatic carbocycles. The molecule has 0 saturated carbocycles. The zero-order valence-electron chi connectivity index (χ0n) is 17.3. The van der Waals surface area contributed by atoms with E-state index in [1.54, 1.807) is 6.26 Å². The number of rotatable bonds is 8. The van der Waals surface area contributed by atoms with E-state index >= 15 is 0 Å². The third kappa shape index (κ3) is 6.62. The monoisotopic (exact) mass is 507 g/mol. The number of aromatic nitrogens is 2. The van der Waals surface area contributed by atoms with Gasteiger partial charge in [0.25, 0.3) is 0 Å². The largest absolute Gasteiger partial charge is 0.469 e. The maximum Gasteiger partial charge on any atom is 0.191 e. The quantitative estimate of drug-likeness (QED) is 0.270. The van der Waals surface area contributed by atoms with Crippen LogP contribution in [0.2, 0.25) is 0 Å². The zero-order chi connectivity index (χ0) is 19.8. The SMILES string of the molecule is CCCNC(=NCc1ccccc1-n1nc(C)cc1C)NCCc1ccco1.I. The van der Waals surface area contributed by atoms with Gasteiger partial charge in [-0.2, -0.15) is 5.10 Å². The molecule has 0 spiro atoms. The Morgan fingerprint density at radius 3 is 2.59 bits per heavy atom. The van der Waals surface area contributed by atoms with Crippen molar-refractivity contribution in [2.24, 2.45) is 4.99 Å². The van der Waals surface area contributed by atoms with Gasteiger partial charge in [0, 0.05) is 25.2 Å². The molecule has 156 valence electrons. The molecule has 7 heteroatoms. The summed E-state index contributed by atoms with van der Waals surface area (Å²) in [5.74, 6) is 1.79. The van der Waals surface area contributed by atoms with Gasteiger partial charge in [-0.3, -0.25) is 0 Å². The number of nitrogens with one attached hydrogen (secondary N) is 2. The van der Waals surface area contributed by atoms with Gasteiger partial charge >= 0.3 is 0 Å². The maximum atomic E-state index is 5.39. The fourth-order valence-electron chi connectivity index (χ4n) is 3.06. The van der Waals surface area contributed by atoms with Gasteiger partial charge in [0.15, 0.2) is 5.96 Å². The van der Waals surface area contributed by atoms with E-state index in [4.69, 9.17) is 9.41 Å². The number of hydrogen-bond acceptors (Lipinski definition) is 3. The van der Waals surface area contributed by atoms with Gasteiger partial charge in [-0.25, -0.2) is 9.67 Å². The standard InChI is InChI=1S/C22H29N5O.HI/c1-4-12-23-22(24-13-11-20-9-7-14-28-20)25-16-19-8-5-6-10-21(19)27-18(3)15-17(2)26-27;/h5-10,14-15H,4,11-13,16H2,1-3H3,(H2,23,24,25);1H. The van der Waals surface area contributed by atoms with Crippen LogP contribution in [0.25, 0.3) is 5.69 Å². The number of furan rings is 1. The second-order valence-electron chi connectivity index (χ2n) is 6.82. The molecular formula is C22H30IN5O. The minimum Gasteiger partial charge on any atom is -0.469 e. The average Bonchev–Trinajstić information content (AvgIpc) is 3.33. The van der Waals surface area contributed by atoms with Crippen LogP contribution in [0.3, 0.4) is 0 Å². The summed E-state index contributed by atoms with van der Waals surface area (Å²) in [7, 11) is 0. The number of guanidine groups is 1. The van der Waals surface area contributed by atoms with Gasteiger partial charge < -0.3 is 15.1 Å². The molecule has 2 heterocycles. The highest BCUT2D eigenvalue weighted by molar-refractivity contribution is 14.0. The summed E-state index contributed by atoms with van der Waals surface area (Å²) < 4.78 is 7.38. The second-order valence-corrected chi connectivity index (χ2v) is 6.82. The van der Waals surface area contributed by atoms with E-state index in [2.05, 4.69) is 47.8 Å². The highest BCUT2D eigenvalue weighted by Gasteiger charge is 2.09. The van der Waals surface area contributed by atoms with Crippen molar-refractivity contribution in [3.63, 3.8) is 0 Å². The topological polar surface area (TPSA) is 67.4 Å². The molecule has 6 nitrogen and oxygen atoms in total. The lowest BCUT2D eigenvalue weighted by Gasteiger charge is -2.13. The van der Waals surface area contributed by atoms with Crippen molar-refractivity contribution in [2.45, 2.75) is 40.2 Å². The van der Waals surface area contributed by atoms with Crippen LogP contribution in [0.1, 0.15) is 36.1 Å². The van der Waals surface area contributed by atoms with Crippen LogP contribution >= 0.6 is 24.0 Å². The van der Waals surface area contributed by atoms with E-state index in [1.165, 1.54) is 0 Å². The van der Waals surface area contributed by atoms with Crippen molar-refractivity contribution in [1.29, 1.82) is 0 Å². The number of nitrogens with zero attached hydrogens (tertiary/aromatic N) is 3. The molecule has 0 aliphatic heterocycles. The number of benzene rings is 1. The zero-order valence-corrected chi connectivity index (χ0v) is 19.6. The first-order valence-electron chi connectivity index (χ1n) is 9.83. The van der Waals surface area contributed by atoms with Crippen molar-refractivity contribution in [3.8, 4) is 5.69 Å². The Balaban J connectivity index is 0.00000300. The third-order valence-corrected chi connectivity index (χ3v) is 4.42. The lowest BCUT2D eigenvalue weighted by molar-refractivity contribution is 0.506. The van der Waals surface area contributed by atoms with Gasteiger partial charge in [-0.15, -0.1) is 24.0 Å². The minimum absolute atomic E-state index is 0. The maximum absolute atomic E-state index is 5.39. The lowest BCUT2D eigenvalue weighted by Crippen LogP contribution is -2.38. The fourth-order valence-corrected chi connectivity index (χ4v) is 3.06. The normalized spacial score (nSPS) is 11.2. The summed E-state index contributed by atoms with van der Waals surface area (Å²) in [5, 5.41) is 11.4. The molecule has 0 radical (unpaired) electrons. The van der Waals surface area contributed by atoms with Crippen molar-refractivity contribution in [1.82, 2.24) is 20.4 Å². The molecular weight excluding hydrogens is 477 g/mol. The molecule has 0 saturated heterocycles. The molecule has 0 amide bonds. The first-order chi connectivity index (χ1) is 13.7. The first-order valence-corrected chi connectivity index (χ1v) is 9.83. The minimum atomic E-state index is 0. The van der Waals surface area contributed by atoms with Crippen LogP contribution in [0.5, 0.6) is 0 Å².